The van der Waals surface area contributed by atoms with E-state index in [0.29, 0.717) is 0 Å². The Kier molecular flexibility index (Phi) is 2.85. The average molecular weight is 123 g/mol. The van der Waals surface area contributed by atoms with Gasteiger partial charge in [0.25, 0.3) is 0 Å². The van der Waals surface area contributed by atoms with E-state index < -0.39 is 5.97 Å². The molecule has 0 unspecified atom stereocenters. The number of ether oxygens (including phenoxy) is 1. The van der Waals surface area contributed by atoms with Gasteiger partial charge in [-0.15, -0.1) is 0 Å². The highest BCUT2D eigenvalue weighted by atomic mass is 16.5. The third kappa shape index (κ3) is 2.29. The molecule has 0 saturated carbocycles. The maximum Gasteiger partial charge on any atom is 0.353 e. The lowest BCUT2D eigenvalue weighted by molar-refractivity contribution is -0.133. The van der Waals surface area contributed by atoms with E-state index >= 15 is 0 Å². The zero-order chi connectivity index (χ0) is 7.28. The van der Waals surface area contributed by atoms with Gasteiger partial charge in [-0.3, -0.25) is 0 Å². The van der Waals surface area contributed by atoms with Crippen molar-refractivity contribution in [1.29, 1.82) is 5.26 Å². The third-order valence-corrected chi connectivity index (χ3v) is 0.572. The maximum atomic E-state index is 10.4. The Morgan fingerprint density at radius 3 is 2.67 bits per heavy atom. The number of esters is 1. The van der Waals surface area contributed by atoms with Crippen LogP contribution in [0.2, 0.25) is 0 Å². The first-order chi connectivity index (χ1) is 4.22. The fourth-order valence-corrected chi connectivity index (χ4v) is 0.192. The van der Waals surface area contributed by atoms with Crippen LogP contribution in [0.3, 0.4) is 0 Å². The molecule has 0 aromatic rings. The molecule has 0 spiro atoms. The molecule has 0 aromatic carbocycles. The van der Waals surface area contributed by atoms with Gasteiger partial charge in [-0.2, -0.15) is 5.26 Å². The predicted molar refractivity (Wildman–Crippen MR) is 31.0 cm³/mol. The van der Waals surface area contributed by atoms with Gasteiger partial charge < -0.3 is 4.74 Å². The minimum atomic E-state index is -0.757. The minimum absolute atomic E-state index is 0.227. The van der Waals surface area contributed by atoms with Crippen molar-refractivity contribution in [1.82, 2.24) is 0 Å². The quantitative estimate of drug-likeness (QED) is 0.235. The van der Waals surface area contributed by atoms with E-state index in [2.05, 4.69) is 17.9 Å². The standard InChI is InChI=1S/C6H5NO2/c1-3-9-6(8)5(2)4-7/h3H,1-2H2. The molecule has 46 valence electrons. The third-order valence-electron chi connectivity index (χ3n) is 0.572. The second-order valence-corrected chi connectivity index (χ2v) is 1.16. The van der Waals surface area contributed by atoms with Crippen molar-refractivity contribution < 1.29 is 9.53 Å². The van der Waals surface area contributed by atoms with Crippen molar-refractivity contribution >= 4 is 5.97 Å². The van der Waals surface area contributed by atoms with Gasteiger partial charge >= 0.3 is 5.97 Å². The van der Waals surface area contributed by atoms with Gasteiger partial charge in [-0.05, 0) is 0 Å². The zero-order valence-electron chi connectivity index (χ0n) is 4.76. The van der Waals surface area contributed by atoms with Gasteiger partial charge in [-0.25, -0.2) is 4.79 Å². The fraction of sp³-hybridized carbons (Fsp3) is 0. The predicted octanol–water partition coefficient (Wildman–Crippen LogP) is 0.753. The van der Waals surface area contributed by atoms with E-state index in [1.165, 1.54) is 6.07 Å². The molecule has 0 aliphatic carbocycles. The zero-order valence-corrected chi connectivity index (χ0v) is 4.76. The van der Waals surface area contributed by atoms with Crippen LogP contribution in [0.4, 0.5) is 0 Å². The molecule has 0 bridgehead atoms. The van der Waals surface area contributed by atoms with Crippen LogP contribution < -0.4 is 0 Å². The Balaban J connectivity index is 3.92. The lowest BCUT2D eigenvalue weighted by Gasteiger charge is -1.90. The molecule has 3 nitrogen and oxygen atoms in total. The monoisotopic (exact) mass is 123 g/mol. The molecule has 0 fully saturated rings. The number of hydrogen-bond acceptors (Lipinski definition) is 3. The van der Waals surface area contributed by atoms with Crippen LogP contribution in [0.25, 0.3) is 0 Å². The van der Waals surface area contributed by atoms with E-state index in [4.69, 9.17) is 5.26 Å². The first-order valence-electron chi connectivity index (χ1n) is 2.13. The smallest absolute Gasteiger partial charge is 0.353 e. The summed E-state index contributed by atoms with van der Waals surface area (Å²) < 4.78 is 4.20. The van der Waals surface area contributed by atoms with Crippen molar-refractivity contribution in [2.45, 2.75) is 0 Å². The van der Waals surface area contributed by atoms with Gasteiger partial charge in [0.2, 0.25) is 0 Å². The van der Waals surface area contributed by atoms with E-state index in [-0.39, 0.29) is 5.57 Å². The van der Waals surface area contributed by atoms with Gasteiger partial charge in [0.1, 0.15) is 11.6 Å². The Morgan fingerprint density at radius 2 is 2.33 bits per heavy atom. The normalized spacial score (nSPS) is 7.00. The van der Waals surface area contributed by atoms with Gasteiger partial charge in [0.15, 0.2) is 0 Å². The largest absolute Gasteiger partial charge is 0.431 e. The van der Waals surface area contributed by atoms with E-state index in [9.17, 15) is 4.79 Å². The lowest BCUT2D eigenvalue weighted by atomic mass is 10.3. The van der Waals surface area contributed by atoms with Gasteiger partial charge in [0, 0.05) is 0 Å². The summed E-state index contributed by atoms with van der Waals surface area (Å²) in [4.78, 5) is 10.4. The summed E-state index contributed by atoms with van der Waals surface area (Å²) in [7, 11) is 0. The molecule has 0 rings (SSSR count). The molecule has 0 saturated heterocycles. The lowest BCUT2D eigenvalue weighted by Crippen LogP contribution is -1.99. The first-order valence-corrected chi connectivity index (χ1v) is 2.13. The molecule has 0 aliphatic rings. The molecule has 0 amide bonds. The van der Waals surface area contributed by atoms with Crippen LogP contribution in [-0.2, 0) is 9.53 Å². The average Bonchev–Trinajstić information content (AvgIpc) is 1.87. The summed E-state index contributed by atoms with van der Waals surface area (Å²) in [6, 6.07) is 1.53. The Morgan fingerprint density at radius 1 is 1.78 bits per heavy atom. The van der Waals surface area contributed by atoms with Crippen molar-refractivity contribution in [3.63, 3.8) is 0 Å². The Hall–Kier alpha value is -1.56. The van der Waals surface area contributed by atoms with Gasteiger partial charge in [0.05, 0.1) is 6.26 Å². The van der Waals surface area contributed by atoms with Gasteiger partial charge in [-0.1, -0.05) is 13.2 Å². The highest BCUT2D eigenvalue weighted by Gasteiger charge is 2.03. The van der Waals surface area contributed by atoms with Crippen LogP contribution in [0.15, 0.2) is 25.0 Å². The number of carbonyl (C=O) groups excluding carboxylic acids is 1. The number of nitriles is 1. The molecular formula is C6H5NO2. The molecule has 0 radical (unpaired) electrons. The highest BCUT2D eigenvalue weighted by molar-refractivity contribution is 5.92. The number of hydrogen-bond donors (Lipinski definition) is 0. The Bertz CT molecular complexity index is 188. The highest BCUT2D eigenvalue weighted by Crippen LogP contribution is 1.90. The van der Waals surface area contributed by atoms with Crippen molar-refractivity contribution in [2.24, 2.45) is 0 Å². The molecular weight excluding hydrogens is 118 g/mol. The molecule has 0 aromatic heterocycles. The van der Waals surface area contributed by atoms with Crippen LogP contribution in [0.5, 0.6) is 0 Å². The molecule has 0 aliphatic heterocycles. The summed E-state index contributed by atoms with van der Waals surface area (Å²) in [6.07, 6.45) is 0.949. The van der Waals surface area contributed by atoms with Crippen molar-refractivity contribution in [3.05, 3.63) is 25.0 Å². The Labute approximate surface area is 52.9 Å². The SMILES string of the molecule is C=COC(=O)C(=C)C#N. The molecule has 0 atom stereocenters. The van der Waals surface area contributed by atoms with Crippen LogP contribution >= 0.6 is 0 Å². The fourth-order valence-electron chi connectivity index (χ4n) is 0.192. The van der Waals surface area contributed by atoms with E-state index in [1.807, 2.05) is 0 Å². The summed E-state index contributed by atoms with van der Waals surface area (Å²) in [5.41, 5.74) is -0.227. The summed E-state index contributed by atoms with van der Waals surface area (Å²) in [6.45, 7) is 6.23. The van der Waals surface area contributed by atoms with Crippen LogP contribution in [-0.4, -0.2) is 5.97 Å². The van der Waals surface area contributed by atoms with Crippen molar-refractivity contribution in [2.75, 3.05) is 0 Å². The molecule has 9 heavy (non-hydrogen) atoms. The molecule has 0 heterocycles. The molecule has 3 heteroatoms. The van der Waals surface area contributed by atoms with Crippen molar-refractivity contribution in [3.8, 4) is 6.07 Å². The number of nitrogens with zero attached hydrogens (tertiary/aromatic N) is 1. The summed E-state index contributed by atoms with van der Waals surface area (Å²) in [5.74, 6) is -0.757. The van der Waals surface area contributed by atoms with Crippen LogP contribution in [0, 0.1) is 11.3 Å². The topological polar surface area (TPSA) is 50.1 Å². The first kappa shape index (κ1) is 7.44. The number of rotatable bonds is 2. The number of carbonyl (C=O) groups is 1. The molecule has 0 N–H and O–H groups in total. The van der Waals surface area contributed by atoms with E-state index in [0.717, 1.165) is 6.26 Å². The summed E-state index contributed by atoms with van der Waals surface area (Å²) >= 11 is 0. The second kappa shape index (κ2) is 3.44. The summed E-state index contributed by atoms with van der Waals surface area (Å²) in [5, 5.41) is 8.05. The maximum absolute atomic E-state index is 10.4. The van der Waals surface area contributed by atoms with E-state index in [1.54, 1.807) is 0 Å². The second-order valence-electron chi connectivity index (χ2n) is 1.16. The minimum Gasteiger partial charge on any atom is -0.431 e. The van der Waals surface area contributed by atoms with Crippen LogP contribution in [0.1, 0.15) is 0 Å².